The fraction of sp³-hybridized carbons (Fsp3) is 0.786. The Morgan fingerprint density at radius 1 is 0.903 bits per heavy atom. The number of hydrogen-bond acceptors (Lipinski definition) is 1. The van der Waals surface area contributed by atoms with Crippen molar-refractivity contribution in [3.63, 3.8) is 0 Å². The van der Waals surface area contributed by atoms with Crippen molar-refractivity contribution in [3.05, 3.63) is 29.1 Å². The summed E-state index contributed by atoms with van der Waals surface area (Å²) in [5.74, 6) is 2.15. The minimum absolute atomic E-state index is 0.183. The van der Waals surface area contributed by atoms with Crippen LogP contribution in [0, 0.1) is 10.8 Å². The van der Waals surface area contributed by atoms with E-state index in [9.17, 15) is 4.79 Å². The molecule has 1 nitrogen and oxygen atoms in total. The van der Waals surface area contributed by atoms with Gasteiger partial charge < -0.3 is 0 Å². The van der Waals surface area contributed by atoms with Crippen molar-refractivity contribution in [2.45, 2.75) is 131 Å². The molecule has 0 amide bonds. The molecule has 0 unspecified atom stereocenters. The van der Waals surface area contributed by atoms with E-state index in [1.807, 2.05) is 7.28 Å². The van der Waals surface area contributed by atoms with Gasteiger partial charge in [0.2, 0.25) is 0 Å². The molecule has 0 saturated carbocycles. The first kappa shape index (κ1) is 28.2. The number of carbonyl (C=O) groups excluding carboxylic acids is 1. The van der Waals surface area contributed by atoms with Gasteiger partial charge in [-0.2, -0.15) is 0 Å². The quantitative estimate of drug-likeness (QED) is 0.172. The Morgan fingerprint density at radius 3 is 2.00 bits per heavy atom. The van der Waals surface area contributed by atoms with Gasteiger partial charge in [-0.15, -0.1) is 0 Å². The van der Waals surface area contributed by atoms with Gasteiger partial charge in [0.05, 0.1) is 0 Å². The van der Waals surface area contributed by atoms with E-state index in [0.717, 1.165) is 25.6 Å². The maximum absolute atomic E-state index is 13.4. The molecule has 173 valence electrons. The third kappa shape index (κ3) is 10.1. The zero-order valence-electron chi connectivity index (χ0n) is 21.7. The van der Waals surface area contributed by atoms with Gasteiger partial charge in [-0.05, 0) is 0 Å². The summed E-state index contributed by atoms with van der Waals surface area (Å²) < 4.78 is 0. The third-order valence-corrected chi connectivity index (χ3v) is 7.71. The fourth-order valence-electron chi connectivity index (χ4n) is 4.59. The monoisotopic (exact) mass is 423 g/mol. The summed E-state index contributed by atoms with van der Waals surface area (Å²) in [6.07, 6.45) is 16.3. The average Bonchev–Trinajstić information content (AvgIpc) is 2.78. The Labute approximate surface area is 196 Å². The second-order valence-corrected chi connectivity index (χ2v) is 10.4. The zero-order valence-corrected chi connectivity index (χ0v) is 21.7. The van der Waals surface area contributed by atoms with Crippen LogP contribution in [0.15, 0.2) is 18.1 Å². The Morgan fingerprint density at radius 2 is 1.48 bits per heavy atom. The van der Waals surface area contributed by atoms with Crippen molar-refractivity contribution < 1.29 is 4.79 Å². The van der Waals surface area contributed by atoms with Gasteiger partial charge in [-0.25, -0.2) is 0 Å². The zero-order chi connectivity index (χ0) is 23.2. The van der Waals surface area contributed by atoms with E-state index in [-0.39, 0.29) is 5.41 Å². The van der Waals surface area contributed by atoms with Gasteiger partial charge >= 0.3 is 196 Å². The van der Waals surface area contributed by atoms with Crippen LogP contribution in [0.25, 0.3) is 0 Å². The molecular weight excluding hydrogens is 374 g/mol. The second-order valence-electron chi connectivity index (χ2n) is 10.4. The SMILES string of the molecule is CCCCCCC(C)(CCCCCC)C(=O)[B]Cc1cccbc1CC(C)(CC)CC. The van der Waals surface area contributed by atoms with Crippen molar-refractivity contribution in [2.24, 2.45) is 10.8 Å². The molecule has 0 spiro atoms. The van der Waals surface area contributed by atoms with E-state index in [1.54, 1.807) is 0 Å². The molecular formula is C28H49B2O. The first-order valence-electron chi connectivity index (χ1n) is 13.3. The summed E-state index contributed by atoms with van der Waals surface area (Å²) in [7, 11) is 2.02. The van der Waals surface area contributed by atoms with Gasteiger partial charge in [0, 0.05) is 0 Å². The summed E-state index contributed by atoms with van der Waals surface area (Å²) in [6.45, 7) is 16.0. The molecule has 1 heterocycles. The molecule has 1 radical (unpaired) electrons. The molecule has 0 fully saturated rings. The van der Waals surface area contributed by atoms with Crippen LogP contribution in [-0.4, -0.2) is 19.9 Å². The number of carbonyl (C=O) groups is 1. The molecule has 1 aromatic rings. The van der Waals surface area contributed by atoms with Gasteiger partial charge in [0.25, 0.3) is 0 Å². The number of unbranched alkanes of at least 4 members (excludes halogenated alkanes) is 6. The molecule has 3 heteroatoms. The summed E-state index contributed by atoms with van der Waals surface area (Å²) in [5.41, 5.74) is 3.29. The number of rotatable bonds is 18. The summed E-state index contributed by atoms with van der Waals surface area (Å²) >= 11 is 0. The Kier molecular flexibility index (Phi) is 13.7. The van der Waals surface area contributed by atoms with Crippen LogP contribution >= 0.6 is 0 Å². The predicted octanol–water partition coefficient (Wildman–Crippen LogP) is 8.07. The van der Waals surface area contributed by atoms with Gasteiger partial charge in [0.15, 0.2) is 0 Å². The van der Waals surface area contributed by atoms with E-state index in [4.69, 9.17) is 0 Å². The molecule has 0 aliphatic rings. The predicted molar refractivity (Wildman–Crippen MR) is 140 cm³/mol. The van der Waals surface area contributed by atoms with E-state index < -0.39 is 0 Å². The molecule has 0 aliphatic carbocycles. The molecule has 1 rings (SSSR count). The molecule has 0 bridgehead atoms. The van der Waals surface area contributed by atoms with Crippen LogP contribution in [-0.2, 0) is 17.5 Å². The van der Waals surface area contributed by atoms with Gasteiger partial charge in [-0.3, -0.25) is 0 Å². The molecule has 0 aliphatic heterocycles. The summed E-state index contributed by atoms with van der Waals surface area (Å²) in [4.78, 5) is 13.4. The van der Waals surface area contributed by atoms with Crippen molar-refractivity contribution in [2.75, 3.05) is 0 Å². The number of hydrogen-bond donors (Lipinski definition) is 0. The third-order valence-electron chi connectivity index (χ3n) is 7.71. The Bertz CT molecular complexity index is 609. The van der Waals surface area contributed by atoms with Crippen LogP contribution in [0.4, 0.5) is 0 Å². The second kappa shape index (κ2) is 15.1. The fourth-order valence-corrected chi connectivity index (χ4v) is 4.59. The molecule has 0 atom stereocenters. The normalized spacial score (nSPS) is 12.1. The van der Waals surface area contributed by atoms with E-state index in [1.165, 1.54) is 75.2 Å². The first-order valence-corrected chi connectivity index (χ1v) is 13.3. The maximum atomic E-state index is 13.4. The molecule has 0 saturated heterocycles. The molecule has 0 N–H and O–H groups in total. The van der Waals surface area contributed by atoms with Crippen LogP contribution in [0.3, 0.4) is 0 Å². The molecule has 0 aromatic carbocycles. The summed E-state index contributed by atoms with van der Waals surface area (Å²) in [6, 6.07) is 4.35. The van der Waals surface area contributed by atoms with Crippen LogP contribution in [0.1, 0.15) is 130 Å². The summed E-state index contributed by atoms with van der Waals surface area (Å²) in [5, 5.41) is 0. The van der Waals surface area contributed by atoms with Crippen molar-refractivity contribution in [1.82, 2.24) is 0 Å². The van der Waals surface area contributed by atoms with E-state index in [2.05, 4.69) is 66.5 Å². The van der Waals surface area contributed by atoms with E-state index >= 15 is 0 Å². The van der Waals surface area contributed by atoms with Crippen molar-refractivity contribution in [3.8, 4) is 0 Å². The topological polar surface area (TPSA) is 17.1 Å². The van der Waals surface area contributed by atoms with Crippen molar-refractivity contribution >= 4 is 19.9 Å². The van der Waals surface area contributed by atoms with Crippen molar-refractivity contribution in [1.29, 1.82) is 0 Å². The van der Waals surface area contributed by atoms with Crippen LogP contribution in [0.2, 0.25) is 0 Å². The van der Waals surface area contributed by atoms with Gasteiger partial charge in [-0.1, -0.05) is 0 Å². The standard InChI is InChI=1S/C28H49B2O/c1-7-11-13-15-19-28(6,20-16-14-12-8-2)26(31)30-23-24-18-17-21-29-25(24)22-27(5,9-3)10-4/h17-18,21H,7-16,19-20,22-23H2,1-6H3. The minimum atomic E-state index is -0.183. The molecule has 1 aromatic heterocycles. The van der Waals surface area contributed by atoms with Crippen LogP contribution in [0.5, 0.6) is 0 Å². The Hall–Kier alpha value is -0.850. The van der Waals surface area contributed by atoms with Gasteiger partial charge in [0.1, 0.15) is 0 Å². The Balaban J connectivity index is 2.81. The first-order chi connectivity index (χ1) is 14.8. The molecule has 31 heavy (non-hydrogen) atoms. The average molecular weight is 423 g/mol. The van der Waals surface area contributed by atoms with E-state index in [0.29, 0.717) is 11.1 Å². The van der Waals surface area contributed by atoms with Crippen LogP contribution < -0.4 is 0 Å².